The fraction of sp³-hybridized carbons (Fsp3) is 0.438. The van der Waals surface area contributed by atoms with Gasteiger partial charge in [0.2, 0.25) is 0 Å². The van der Waals surface area contributed by atoms with E-state index < -0.39 is 0 Å². The zero-order chi connectivity index (χ0) is 15.4. The minimum atomic E-state index is 0.304. The molecule has 5 heteroatoms. The molecule has 1 N–H and O–H groups in total. The van der Waals surface area contributed by atoms with E-state index in [4.69, 9.17) is 14.5 Å². The minimum absolute atomic E-state index is 0.304. The summed E-state index contributed by atoms with van der Waals surface area (Å²) in [6, 6.07) is 6.17. The lowest BCUT2D eigenvalue weighted by molar-refractivity contribution is 0.356. The highest BCUT2D eigenvalue weighted by atomic mass is 32.1. The summed E-state index contributed by atoms with van der Waals surface area (Å²) in [6.45, 7) is 7.27. The fourth-order valence-electron chi connectivity index (χ4n) is 2.38. The van der Waals surface area contributed by atoms with Crippen LogP contribution < -0.4 is 14.8 Å². The molecule has 21 heavy (non-hydrogen) atoms. The number of benzene rings is 1. The van der Waals surface area contributed by atoms with Gasteiger partial charge in [0.15, 0.2) is 11.5 Å². The first-order valence-electron chi connectivity index (χ1n) is 7.04. The lowest BCUT2D eigenvalue weighted by Crippen LogP contribution is -2.17. The maximum atomic E-state index is 5.50. The number of hydrogen-bond donors (Lipinski definition) is 1. The molecule has 2 aromatic rings. The summed E-state index contributed by atoms with van der Waals surface area (Å²) in [7, 11) is 3.30. The van der Waals surface area contributed by atoms with Gasteiger partial charge in [-0.2, -0.15) is 0 Å². The van der Waals surface area contributed by atoms with Gasteiger partial charge in [-0.1, -0.05) is 13.0 Å². The molecule has 0 radical (unpaired) electrons. The van der Waals surface area contributed by atoms with Crippen molar-refractivity contribution in [2.45, 2.75) is 26.8 Å². The Morgan fingerprint density at radius 1 is 1.29 bits per heavy atom. The first-order valence-corrected chi connectivity index (χ1v) is 7.86. The zero-order valence-electron chi connectivity index (χ0n) is 13.2. The van der Waals surface area contributed by atoms with Crippen molar-refractivity contribution in [1.29, 1.82) is 0 Å². The number of hydrogen-bond acceptors (Lipinski definition) is 5. The number of nitrogens with zero attached hydrogens (tertiary/aromatic N) is 1. The molecule has 1 unspecified atom stereocenters. The predicted octanol–water partition coefficient (Wildman–Crippen LogP) is 3.81. The van der Waals surface area contributed by atoms with Crippen LogP contribution in [0.1, 0.15) is 30.5 Å². The van der Waals surface area contributed by atoms with Gasteiger partial charge in [0.25, 0.3) is 0 Å². The molecule has 0 saturated carbocycles. The molecule has 114 valence electrons. The number of thiazole rings is 1. The first-order chi connectivity index (χ1) is 10.1. The Morgan fingerprint density at radius 2 is 2.05 bits per heavy atom. The average molecular weight is 306 g/mol. The molecule has 4 nitrogen and oxygen atoms in total. The van der Waals surface area contributed by atoms with E-state index in [2.05, 4.69) is 26.1 Å². The van der Waals surface area contributed by atoms with E-state index in [0.717, 1.165) is 34.3 Å². The molecular weight excluding hydrogens is 284 g/mol. The highest BCUT2D eigenvalue weighted by Gasteiger charge is 2.18. The summed E-state index contributed by atoms with van der Waals surface area (Å²) in [5.41, 5.74) is 2.04. The van der Waals surface area contributed by atoms with E-state index in [1.807, 2.05) is 18.2 Å². The van der Waals surface area contributed by atoms with Gasteiger partial charge in [-0.3, -0.25) is 0 Å². The van der Waals surface area contributed by atoms with Gasteiger partial charge < -0.3 is 14.8 Å². The second-order valence-electron chi connectivity index (χ2n) is 4.79. The Bertz CT molecular complexity index is 610. The molecule has 1 atom stereocenters. The molecule has 0 aliphatic carbocycles. The van der Waals surface area contributed by atoms with Crippen LogP contribution in [0.2, 0.25) is 0 Å². The van der Waals surface area contributed by atoms with Crippen molar-refractivity contribution in [3.63, 3.8) is 0 Å². The van der Waals surface area contributed by atoms with Gasteiger partial charge in [-0.05, 0) is 32.5 Å². The van der Waals surface area contributed by atoms with Gasteiger partial charge in [-0.25, -0.2) is 4.98 Å². The lowest BCUT2D eigenvalue weighted by Gasteiger charge is -2.11. The normalized spacial score (nSPS) is 12.2. The molecule has 0 bridgehead atoms. The van der Waals surface area contributed by atoms with Crippen LogP contribution >= 0.6 is 11.3 Å². The van der Waals surface area contributed by atoms with E-state index in [1.54, 1.807) is 25.6 Å². The van der Waals surface area contributed by atoms with Gasteiger partial charge in [0, 0.05) is 10.9 Å². The summed E-state index contributed by atoms with van der Waals surface area (Å²) in [6.07, 6.45) is 0. The van der Waals surface area contributed by atoms with Crippen molar-refractivity contribution in [1.82, 2.24) is 10.3 Å². The number of rotatable bonds is 6. The Morgan fingerprint density at radius 3 is 2.67 bits per heavy atom. The molecule has 0 amide bonds. The number of aromatic nitrogens is 1. The van der Waals surface area contributed by atoms with Crippen LogP contribution in [0, 0.1) is 6.92 Å². The van der Waals surface area contributed by atoms with Gasteiger partial charge in [-0.15, -0.1) is 11.3 Å². The summed E-state index contributed by atoms with van der Waals surface area (Å²) >= 11 is 1.70. The van der Waals surface area contributed by atoms with Crippen LogP contribution in [0.25, 0.3) is 10.6 Å². The van der Waals surface area contributed by atoms with Crippen LogP contribution in [-0.2, 0) is 0 Å². The third-order valence-corrected chi connectivity index (χ3v) is 4.74. The molecule has 1 aromatic carbocycles. The SMILES string of the molecule is CCNC(C)c1sc(-c2cccc(OC)c2OC)nc1C. The standard InChI is InChI=1S/C16H22N2O2S/c1-6-17-10(2)15-11(3)18-16(21-15)12-8-7-9-13(19-4)14(12)20-5/h7-10,17H,6H2,1-5H3. The Hall–Kier alpha value is -1.59. The van der Waals surface area contributed by atoms with Crippen LogP contribution in [0.15, 0.2) is 18.2 Å². The summed E-state index contributed by atoms with van der Waals surface area (Å²) in [4.78, 5) is 5.97. The van der Waals surface area contributed by atoms with E-state index in [9.17, 15) is 0 Å². The Labute approximate surface area is 130 Å². The van der Waals surface area contributed by atoms with E-state index in [1.165, 1.54) is 4.88 Å². The molecule has 0 aliphatic rings. The number of aryl methyl sites for hydroxylation is 1. The van der Waals surface area contributed by atoms with Crippen molar-refractivity contribution in [3.8, 4) is 22.1 Å². The fourth-order valence-corrected chi connectivity index (χ4v) is 3.49. The highest BCUT2D eigenvalue weighted by Crippen LogP contribution is 2.41. The maximum Gasteiger partial charge on any atom is 0.170 e. The van der Waals surface area contributed by atoms with Crippen molar-refractivity contribution in [2.24, 2.45) is 0 Å². The molecular formula is C16H22N2O2S. The van der Waals surface area contributed by atoms with Crippen molar-refractivity contribution < 1.29 is 9.47 Å². The van der Waals surface area contributed by atoms with Crippen molar-refractivity contribution >= 4 is 11.3 Å². The second-order valence-corrected chi connectivity index (χ2v) is 5.82. The maximum absolute atomic E-state index is 5.50. The average Bonchev–Trinajstić information content (AvgIpc) is 2.88. The summed E-state index contributed by atoms with van der Waals surface area (Å²) < 4.78 is 10.9. The minimum Gasteiger partial charge on any atom is -0.493 e. The second kappa shape index (κ2) is 6.91. The largest absolute Gasteiger partial charge is 0.493 e. The number of methoxy groups -OCH3 is 2. The summed E-state index contributed by atoms with van der Waals surface area (Å²) in [5.74, 6) is 1.46. The molecule has 0 aliphatic heterocycles. The number of ether oxygens (including phenoxy) is 2. The molecule has 0 fully saturated rings. The van der Waals surface area contributed by atoms with Crippen molar-refractivity contribution in [2.75, 3.05) is 20.8 Å². The third kappa shape index (κ3) is 3.19. The smallest absolute Gasteiger partial charge is 0.170 e. The van der Waals surface area contributed by atoms with E-state index >= 15 is 0 Å². The van der Waals surface area contributed by atoms with Crippen LogP contribution in [0.3, 0.4) is 0 Å². The highest BCUT2D eigenvalue weighted by molar-refractivity contribution is 7.15. The third-order valence-electron chi connectivity index (χ3n) is 3.37. The Kier molecular flexibility index (Phi) is 5.20. The molecule has 0 saturated heterocycles. The molecule has 1 aromatic heterocycles. The molecule has 1 heterocycles. The van der Waals surface area contributed by atoms with Crippen LogP contribution in [0.5, 0.6) is 11.5 Å². The van der Waals surface area contributed by atoms with Gasteiger partial charge >= 0.3 is 0 Å². The quantitative estimate of drug-likeness (QED) is 0.881. The van der Waals surface area contributed by atoms with E-state index in [-0.39, 0.29) is 0 Å². The van der Waals surface area contributed by atoms with Gasteiger partial charge in [0.1, 0.15) is 5.01 Å². The predicted molar refractivity (Wildman–Crippen MR) is 87.5 cm³/mol. The van der Waals surface area contributed by atoms with E-state index in [0.29, 0.717) is 6.04 Å². The summed E-state index contributed by atoms with van der Waals surface area (Å²) in [5, 5.41) is 4.39. The van der Waals surface area contributed by atoms with Crippen LogP contribution in [0.4, 0.5) is 0 Å². The topological polar surface area (TPSA) is 43.4 Å². The number of nitrogens with one attached hydrogen (secondary N) is 1. The molecule has 0 spiro atoms. The monoisotopic (exact) mass is 306 g/mol. The molecule has 2 rings (SSSR count). The first kappa shape index (κ1) is 15.8. The van der Waals surface area contributed by atoms with Crippen LogP contribution in [-0.4, -0.2) is 25.7 Å². The Balaban J connectivity index is 2.46. The van der Waals surface area contributed by atoms with Gasteiger partial charge in [0.05, 0.1) is 25.5 Å². The lowest BCUT2D eigenvalue weighted by atomic mass is 10.2. The number of para-hydroxylation sites is 1. The van der Waals surface area contributed by atoms with Crippen molar-refractivity contribution in [3.05, 3.63) is 28.8 Å². The zero-order valence-corrected chi connectivity index (χ0v) is 14.0.